The predicted molar refractivity (Wildman–Crippen MR) is 120 cm³/mol. The standard InChI is InChI=1S/C19H22I2N2O2/c1-2-14(11-24)22-9-15(25)10-23-18-5-3-12(20)7-16(18)17-8-13(21)4-6-19(17)23/h3-8,14-15,22,24-25H,2,9-11H2,1H3/t14-,15-/m1/s1. The quantitative estimate of drug-likeness (QED) is 0.384. The maximum absolute atomic E-state index is 10.5. The van der Waals surface area contributed by atoms with Crippen LogP contribution in [0.4, 0.5) is 0 Å². The first-order valence-electron chi connectivity index (χ1n) is 8.42. The number of aliphatic hydroxyl groups is 2. The average molecular weight is 564 g/mol. The van der Waals surface area contributed by atoms with Crippen molar-refractivity contribution >= 4 is 67.0 Å². The van der Waals surface area contributed by atoms with Crippen LogP contribution in [0.15, 0.2) is 36.4 Å². The third-order valence-electron chi connectivity index (χ3n) is 4.54. The molecule has 4 nitrogen and oxygen atoms in total. The van der Waals surface area contributed by atoms with Crippen molar-refractivity contribution in [1.82, 2.24) is 9.88 Å². The number of nitrogens with one attached hydrogen (secondary N) is 1. The van der Waals surface area contributed by atoms with Crippen molar-refractivity contribution in [3.8, 4) is 0 Å². The fraction of sp³-hybridized carbons (Fsp3) is 0.368. The minimum atomic E-state index is -0.516. The van der Waals surface area contributed by atoms with Gasteiger partial charge in [0, 0.05) is 41.5 Å². The molecule has 0 spiro atoms. The van der Waals surface area contributed by atoms with Crippen LogP contribution in [0.25, 0.3) is 21.8 Å². The Morgan fingerprint density at radius 2 is 1.60 bits per heavy atom. The van der Waals surface area contributed by atoms with Gasteiger partial charge in [-0.1, -0.05) is 6.92 Å². The number of fused-ring (bicyclic) bond motifs is 3. The van der Waals surface area contributed by atoms with Crippen molar-refractivity contribution in [3.63, 3.8) is 0 Å². The second kappa shape index (κ2) is 8.51. The number of halogens is 2. The molecular weight excluding hydrogens is 542 g/mol. The van der Waals surface area contributed by atoms with Crippen molar-refractivity contribution in [1.29, 1.82) is 0 Å². The summed E-state index contributed by atoms with van der Waals surface area (Å²) in [7, 11) is 0. The van der Waals surface area contributed by atoms with Crippen molar-refractivity contribution in [2.24, 2.45) is 0 Å². The second-order valence-electron chi connectivity index (χ2n) is 6.28. The minimum Gasteiger partial charge on any atom is -0.395 e. The molecule has 2 aromatic carbocycles. The molecule has 0 aliphatic rings. The van der Waals surface area contributed by atoms with Gasteiger partial charge in [-0.3, -0.25) is 0 Å². The molecule has 0 saturated carbocycles. The molecule has 0 aliphatic carbocycles. The smallest absolute Gasteiger partial charge is 0.0843 e. The lowest BCUT2D eigenvalue weighted by Crippen LogP contribution is -2.38. The fourth-order valence-corrected chi connectivity index (χ4v) is 4.14. The van der Waals surface area contributed by atoms with Crippen LogP contribution in [0, 0.1) is 7.14 Å². The number of hydrogen-bond donors (Lipinski definition) is 3. The van der Waals surface area contributed by atoms with Gasteiger partial charge in [0.2, 0.25) is 0 Å². The maximum atomic E-state index is 10.5. The van der Waals surface area contributed by atoms with E-state index < -0.39 is 6.10 Å². The Morgan fingerprint density at radius 1 is 1.04 bits per heavy atom. The normalized spacial score (nSPS) is 14.3. The van der Waals surface area contributed by atoms with Crippen LogP contribution in [0.5, 0.6) is 0 Å². The van der Waals surface area contributed by atoms with E-state index >= 15 is 0 Å². The van der Waals surface area contributed by atoms with Crippen molar-refractivity contribution < 1.29 is 10.2 Å². The van der Waals surface area contributed by atoms with Crippen molar-refractivity contribution in [2.45, 2.75) is 32.0 Å². The largest absolute Gasteiger partial charge is 0.395 e. The Balaban J connectivity index is 1.94. The summed E-state index contributed by atoms with van der Waals surface area (Å²) >= 11 is 4.68. The SMILES string of the molecule is CC[C@H](CO)NC[C@@H](O)Cn1c2ccc(I)cc2c2cc(I)ccc21. The number of rotatable bonds is 7. The summed E-state index contributed by atoms with van der Waals surface area (Å²) in [5.41, 5.74) is 2.29. The van der Waals surface area contributed by atoms with E-state index in [0.29, 0.717) is 13.1 Å². The highest BCUT2D eigenvalue weighted by atomic mass is 127. The lowest BCUT2D eigenvalue weighted by atomic mass is 10.2. The molecule has 2 atom stereocenters. The van der Waals surface area contributed by atoms with Gasteiger partial charge in [-0.2, -0.15) is 0 Å². The van der Waals surface area contributed by atoms with E-state index in [0.717, 1.165) is 17.5 Å². The number of aliphatic hydroxyl groups excluding tert-OH is 2. The molecule has 1 aromatic heterocycles. The molecule has 3 aromatic rings. The van der Waals surface area contributed by atoms with Gasteiger partial charge in [-0.15, -0.1) is 0 Å². The van der Waals surface area contributed by atoms with E-state index in [9.17, 15) is 10.2 Å². The predicted octanol–water partition coefficient (Wildman–Crippen LogP) is 3.73. The molecule has 0 amide bonds. The van der Waals surface area contributed by atoms with E-state index in [1.165, 1.54) is 17.9 Å². The zero-order valence-corrected chi connectivity index (χ0v) is 18.4. The summed E-state index contributed by atoms with van der Waals surface area (Å²) in [4.78, 5) is 0. The summed E-state index contributed by atoms with van der Waals surface area (Å²) in [6.45, 7) is 3.11. The van der Waals surface area contributed by atoms with Gasteiger partial charge in [0.1, 0.15) is 0 Å². The highest BCUT2D eigenvalue weighted by Gasteiger charge is 2.15. The summed E-state index contributed by atoms with van der Waals surface area (Å²) in [5.74, 6) is 0. The van der Waals surface area contributed by atoms with Crippen LogP contribution in [-0.4, -0.2) is 40.1 Å². The Morgan fingerprint density at radius 3 is 2.08 bits per heavy atom. The Labute approximate surface area is 174 Å². The molecule has 1 heterocycles. The topological polar surface area (TPSA) is 57.4 Å². The molecule has 0 saturated heterocycles. The van der Waals surface area contributed by atoms with Gasteiger partial charge in [0.25, 0.3) is 0 Å². The summed E-state index contributed by atoms with van der Waals surface area (Å²) in [5, 5.41) is 25.5. The number of benzene rings is 2. The fourth-order valence-electron chi connectivity index (χ4n) is 3.16. The van der Waals surface area contributed by atoms with Crippen molar-refractivity contribution in [2.75, 3.05) is 13.2 Å². The molecule has 0 fully saturated rings. The van der Waals surface area contributed by atoms with E-state index in [1.54, 1.807) is 0 Å². The molecule has 6 heteroatoms. The highest BCUT2D eigenvalue weighted by Crippen LogP contribution is 2.31. The molecule has 0 bridgehead atoms. The van der Waals surface area contributed by atoms with Gasteiger partial charge in [0.15, 0.2) is 0 Å². The van der Waals surface area contributed by atoms with E-state index in [4.69, 9.17) is 0 Å². The monoisotopic (exact) mass is 564 g/mol. The Kier molecular flexibility index (Phi) is 6.59. The van der Waals surface area contributed by atoms with E-state index in [2.05, 4.69) is 91.5 Å². The first kappa shape index (κ1) is 19.3. The van der Waals surface area contributed by atoms with E-state index in [1.807, 2.05) is 6.92 Å². The molecule has 3 N–H and O–H groups in total. The lowest BCUT2D eigenvalue weighted by molar-refractivity contribution is 0.141. The summed E-state index contributed by atoms with van der Waals surface area (Å²) < 4.78 is 4.61. The molecule has 0 unspecified atom stereocenters. The van der Waals surface area contributed by atoms with Gasteiger partial charge < -0.3 is 20.1 Å². The lowest BCUT2D eigenvalue weighted by Gasteiger charge is -2.19. The minimum absolute atomic E-state index is 0.0379. The number of aromatic nitrogens is 1. The first-order chi connectivity index (χ1) is 12.0. The molecule has 25 heavy (non-hydrogen) atoms. The number of nitrogens with zero attached hydrogens (tertiary/aromatic N) is 1. The van der Waals surface area contributed by atoms with Gasteiger partial charge in [0.05, 0.1) is 19.3 Å². The average Bonchev–Trinajstić information content (AvgIpc) is 2.88. The van der Waals surface area contributed by atoms with Gasteiger partial charge in [-0.05, 0) is 88.0 Å². The molecular formula is C19H22I2N2O2. The zero-order valence-electron chi connectivity index (χ0n) is 14.0. The van der Waals surface area contributed by atoms with E-state index in [-0.39, 0.29) is 12.6 Å². The van der Waals surface area contributed by atoms with Crippen molar-refractivity contribution in [3.05, 3.63) is 43.5 Å². The van der Waals surface area contributed by atoms with Crippen LogP contribution in [0.1, 0.15) is 13.3 Å². The van der Waals surface area contributed by atoms with Crippen LogP contribution >= 0.6 is 45.2 Å². The van der Waals surface area contributed by atoms with Crippen LogP contribution in [-0.2, 0) is 6.54 Å². The number of hydrogen-bond acceptors (Lipinski definition) is 3. The van der Waals surface area contributed by atoms with Gasteiger partial charge in [-0.25, -0.2) is 0 Å². The third kappa shape index (κ3) is 4.29. The molecule has 3 rings (SSSR count). The molecule has 0 radical (unpaired) electrons. The summed E-state index contributed by atoms with van der Waals surface area (Å²) in [6.07, 6.45) is 0.327. The van der Waals surface area contributed by atoms with Gasteiger partial charge >= 0.3 is 0 Å². The van der Waals surface area contributed by atoms with Crippen LogP contribution in [0.3, 0.4) is 0 Å². The first-order valence-corrected chi connectivity index (χ1v) is 10.6. The Hall–Kier alpha value is -0.420. The van der Waals surface area contributed by atoms with Crippen LogP contribution in [0.2, 0.25) is 0 Å². The maximum Gasteiger partial charge on any atom is 0.0843 e. The Bertz CT molecular complexity index is 815. The molecule has 0 aliphatic heterocycles. The second-order valence-corrected chi connectivity index (χ2v) is 8.77. The van der Waals surface area contributed by atoms with Crippen LogP contribution < -0.4 is 5.32 Å². The molecule has 134 valence electrons. The zero-order chi connectivity index (χ0) is 18.0. The summed E-state index contributed by atoms with van der Waals surface area (Å²) in [6, 6.07) is 12.9. The highest BCUT2D eigenvalue weighted by molar-refractivity contribution is 14.1. The third-order valence-corrected chi connectivity index (χ3v) is 5.88.